The fourth-order valence-corrected chi connectivity index (χ4v) is 6.16. The third-order valence-electron chi connectivity index (χ3n) is 6.25. The second kappa shape index (κ2) is 10.9. The number of thiazole rings is 1. The molecule has 9 nitrogen and oxygen atoms in total. The van der Waals surface area contributed by atoms with Gasteiger partial charge in [-0.15, -0.1) is 11.3 Å². The molecule has 0 aliphatic heterocycles. The van der Waals surface area contributed by atoms with Crippen molar-refractivity contribution in [2.45, 2.75) is 42.7 Å². The Morgan fingerprint density at radius 3 is 2.63 bits per heavy atom. The molecule has 4 aromatic rings. The van der Waals surface area contributed by atoms with E-state index in [1.54, 1.807) is 29.9 Å². The van der Waals surface area contributed by atoms with E-state index in [0.29, 0.717) is 27.6 Å². The van der Waals surface area contributed by atoms with Gasteiger partial charge in [0.15, 0.2) is 11.6 Å². The van der Waals surface area contributed by atoms with Crippen LogP contribution in [0.2, 0.25) is 5.02 Å². The Morgan fingerprint density at radius 1 is 1.11 bits per heavy atom. The van der Waals surface area contributed by atoms with E-state index in [1.807, 2.05) is 0 Å². The first kappa shape index (κ1) is 26.4. The summed E-state index contributed by atoms with van der Waals surface area (Å²) in [7, 11) is -4.04. The van der Waals surface area contributed by atoms with Gasteiger partial charge >= 0.3 is 0 Å². The van der Waals surface area contributed by atoms with Crippen LogP contribution < -0.4 is 20.9 Å². The number of benzene rings is 2. The predicted molar refractivity (Wildman–Crippen MR) is 145 cm³/mol. The van der Waals surface area contributed by atoms with Gasteiger partial charge in [0.05, 0.1) is 16.2 Å². The summed E-state index contributed by atoms with van der Waals surface area (Å²) < 4.78 is 44.5. The van der Waals surface area contributed by atoms with Gasteiger partial charge in [0, 0.05) is 23.8 Å². The van der Waals surface area contributed by atoms with Gasteiger partial charge in [-0.2, -0.15) is 0 Å². The number of nitrogens with one attached hydrogen (secondary N) is 1. The van der Waals surface area contributed by atoms with Crippen molar-refractivity contribution in [1.29, 1.82) is 0 Å². The molecule has 1 aliphatic rings. The number of primary sulfonamides is 1. The van der Waals surface area contributed by atoms with Gasteiger partial charge < -0.3 is 15.8 Å². The number of hydrogen-bond donors (Lipinski definition) is 3. The Bertz CT molecular complexity index is 1580. The van der Waals surface area contributed by atoms with Crippen LogP contribution in [0.5, 0.6) is 11.6 Å². The van der Waals surface area contributed by atoms with Gasteiger partial charge in [-0.3, -0.25) is 0 Å². The van der Waals surface area contributed by atoms with E-state index in [4.69, 9.17) is 27.2 Å². The van der Waals surface area contributed by atoms with E-state index in [2.05, 4.69) is 20.3 Å². The normalized spacial score (nSPS) is 17.8. The minimum atomic E-state index is -4.04. The van der Waals surface area contributed by atoms with Crippen molar-refractivity contribution in [2.24, 2.45) is 10.9 Å². The summed E-state index contributed by atoms with van der Waals surface area (Å²) in [4.78, 5) is 13.6. The molecule has 0 saturated heterocycles. The number of rotatable bonds is 7. The molecule has 0 atom stereocenters. The maximum atomic E-state index is 15.1. The average molecular weight is 575 g/mol. The van der Waals surface area contributed by atoms with Crippen molar-refractivity contribution in [3.8, 4) is 33.3 Å². The number of sulfonamides is 1. The number of anilines is 1. The van der Waals surface area contributed by atoms with Crippen LogP contribution in [-0.4, -0.2) is 35.5 Å². The van der Waals surface area contributed by atoms with E-state index in [9.17, 15) is 8.42 Å². The van der Waals surface area contributed by atoms with Crippen LogP contribution >= 0.6 is 22.9 Å². The molecule has 2 aromatic heterocycles. The number of halogens is 2. The summed E-state index contributed by atoms with van der Waals surface area (Å²) in [6, 6.07) is 10.8. The van der Waals surface area contributed by atoms with Crippen LogP contribution in [0.15, 0.2) is 59.1 Å². The summed E-state index contributed by atoms with van der Waals surface area (Å²) >= 11 is 7.57. The van der Waals surface area contributed by atoms with E-state index in [0.717, 1.165) is 25.7 Å². The molecule has 5 N–H and O–H groups in total. The highest BCUT2D eigenvalue weighted by molar-refractivity contribution is 7.89. The summed E-state index contributed by atoms with van der Waals surface area (Å²) in [5.74, 6) is -0.0506. The molecule has 1 aliphatic carbocycles. The third-order valence-corrected chi connectivity index (χ3v) is 8.55. The molecule has 0 radical (unpaired) electrons. The summed E-state index contributed by atoms with van der Waals surface area (Å²) in [5, 5.41) is 8.51. The highest BCUT2D eigenvalue weighted by atomic mass is 35.5. The predicted octanol–water partition coefficient (Wildman–Crippen LogP) is 5.18. The molecule has 198 valence electrons. The SMILES string of the molecule is NC1CCC(Nc2nccc(-c3scnc3Oc3ccc(-c4cccc(S(N)(=O)=O)c4Cl)cc3F)n2)CC1. The number of nitrogens with zero attached hydrogens (tertiary/aromatic N) is 3. The molecule has 1 fully saturated rings. The van der Waals surface area contributed by atoms with Crippen LogP contribution in [0.4, 0.5) is 10.3 Å². The van der Waals surface area contributed by atoms with Gasteiger partial charge in [-0.25, -0.2) is 32.9 Å². The van der Waals surface area contributed by atoms with Crippen LogP contribution in [-0.2, 0) is 10.0 Å². The molecule has 2 heterocycles. The first-order valence-electron chi connectivity index (χ1n) is 11.8. The lowest BCUT2D eigenvalue weighted by Gasteiger charge is -2.26. The maximum Gasteiger partial charge on any atom is 0.239 e. The highest BCUT2D eigenvalue weighted by Crippen LogP contribution is 2.38. The van der Waals surface area contributed by atoms with E-state index >= 15 is 4.39 Å². The Kier molecular flexibility index (Phi) is 7.59. The quantitative estimate of drug-likeness (QED) is 0.273. The fourth-order valence-electron chi connectivity index (χ4n) is 4.29. The summed E-state index contributed by atoms with van der Waals surface area (Å²) in [6.45, 7) is 0. The second-order valence-electron chi connectivity index (χ2n) is 8.92. The third kappa shape index (κ3) is 5.79. The molecule has 0 amide bonds. The number of aromatic nitrogens is 3. The van der Waals surface area contributed by atoms with Crippen LogP contribution in [0.1, 0.15) is 25.7 Å². The molecular weight excluding hydrogens is 551 g/mol. The Labute approximate surface area is 228 Å². The maximum absolute atomic E-state index is 15.1. The molecule has 5 rings (SSSR count). The van der Waals surface area contributed by atoms with E-state index in [1.165, 1.54) is 35.6 Å². The number of nitrogens with two attached hydrogens (primary N) is 2. The second-order valence-corrected chi connectivity index (χ2v) is 11.7. The number of ether oxygens (including phenoxy) is 1. The van der Waals surface area contributed by atoms with Gasteiger partial charge in [0.1, 0.15) is 9.77 Å². The molecule has 2 aromatic carbocycles. The van der Waals surface area contributed by atoms with Crippen molar-refractivity contribution in [1.82, 2.24) is 15.0 Å². The van der Waals surface area contributed by atoms with Crippen molar-refractivity contribution < 1.29 is 17.5 Å². The topological polar surface area (TPSA) is 146 Å². The average Bonchev–Trinajstić information content (AvgIpc) is 3.35. The fraction of sp³-hybridized carbons (Fsp3) is 0.240. The highest BCUT2D eigenvalue weighted by Gasteiger charge is 2.21. The van der Waals surface area contributed by atoms with Crippen molar-refractivity contribution in [2.75, 3.05) is 5.32 Å². The summed E-state index contributed by atoms with van der Waals surface area (Å²) in [6.07, 6.45) is 5.47. The monoisotopic (exact) mass is 574 g/mol. The van der Waals surface area contributed by atoms with Gasteiger partial charge in [0.2, 0.25) is 21.9 Å². The van der Waals surface area contributed by atoms with Crippen molar-refractivity contribution >= 4 is 38.9 Å². The minimum Gasteiger partial charge on any atom is -0.434 e. The zero-order valence-electron chi connectivity index (χ0n) is 20.0. The molecule has 38 heavy (non-hydrogen) atoms. The van der Waals surface area contributed by atoms with Crippen LogP contribution in [0.25, 0.3) is 21.7 Å². The molecule has 13 heteroatoms. The van der Waals surface area contributed by atoms with Crippen molar-refractivity contribution in [3.05, 3.63) is 65.0 Å². The summed E-state index contributed by atoms with van der Waals surface area (Å²) in [5.41, 5.74) is 8.86. The zero-order valence-corrected chi connectivity index (χ0v) is 22.4. The van der Waals surface area contributed by atoms with Crippen molar-refractivity contribution in [3.63, 3.8) is 0 Å². The van der Waals surface area contributed by atoms with E-state index < -0.39 is 15.8 Å². The molecular formula is C25H24ClFN6O3S2. The van der Waals surface area contributed by atoms with Crippen LogP contribution in [0.3, 0.4) is 0 Å². The Morgan fingerprint density at radius 2 is 1.89 bits per heavy atom. The van der Waals surface area contributed by atoms with Gasteiger partial charge in [0.25, 0.3) is 0 Å². The lowest BCUT2D eigenvalue weighted by Crippen LogP contribution is -2.33. The molecule has 0 unspecified atom stereocenters. The Balaban J connectivity index is 1.37. The first-order chi connectivity index (χ1) is 18.2. The van der Waals surface area contributed by atoms with E-state index in [-0.39, 0.29) is 33.6 Å². The first-order valence-corrected chi connectivity index (χ1v) is 14.6. The Hall–Kier alpha value is -3.16. The minimum absolute atomic E-state index is 0.0643. The zero-order chi connectivity index (χ0) is 26.9. The molecule has 0 bridgehead atoms. The number of hydrogen-bond acceptors (Lipinski definition) is 9. The lowest BCUT2D eigenvalue weighted by molar-refractivity contribution is 0.410. The largest absolute Gasteiger partial charge is 0.434 e. The smallest absolute Gasteiger partial charge is 0.239 e. The van der Waals surface area contributed by atoms with Gasteiger partial charge in [-0.1, -0.05) is 29.8 Å². The standard InChI is InChI=1S/C25H24ClFN6O3S2/c26-22-17(2-1-3-21(22)38(29,34)35)14-4-9-20(18(27)12-14)36-24-23(37-13-31-24)19-10-11-30-25(33-19)32-16-7-5-15(28)6-8-16/h1-4,9-13,15-16H,5-8,28H2,(H2,29,34,35)(H,30,32,33). The lowest BCUT2D eigenvalue weighted by atomic mass is 9.92. The van der Waals surface area contributed by atoms with Crippen LogP contribution in [0, 0.1) is 5.82 Å². The van der Waals surface area contributed by atoms with Gasteiger partial charge in [-0.05, 0) is 55.5 Å². The molecule has 0 spiro atoms. The molecule has 1 saturated carbocycles.